The third-order valence-electron chi connectivity index (χ3n) is 3.75. The molecule has 2 saturated heterocycles. The highest BCUT2D eigenvalue weighted by Crippen LogP contribution is 2.32. The fraction of sp³-hybridized carbons (Fsp3) is 0.786. The average Bonchev–Trinajstić information content (AvgIpc) is 2.88. The number of aliphatic hydroxyl groups excluding tert-OH is 1. The summed E-state index contributed by atoms with van der Waals surface area (Å²) in [6, 6.07) is 0. The molecule has 2 rings (SSSR count). The molecule has 4 nitrogen and oxygen atoms in total. The van der Waals surface area contributed by atoms with Gasteiger partial charge < -0.3 is 14.6 Å². The highest BCUT2D eigenvalue weighted by Gasteiger charge is 2.34. The number of halogens is 1. The number of ether oxygens (including phenoxy) is 2. The van der Waals surface area contributed by atoms with Gasteiger partial charge in [-0.25, -0.2) is 0 Å². The summed E-state index contributed by atoms with van der Waals surface area (Å²) in [6.45, 7) is 4.29. The van der Waals surface area contributed by atoms with Crippen molar-refractivity contribution in [3.63, 3.8) is 0 Å². The van der Waals surface area contributed by atoms with Crippen molar-refractivity contribution in [2.24, 2.45) is 0 Å². The lowest BCUT2D eigenvalue weighted by Gasteiger charge is -2.15. The third-order valence-corrected chi connectivity index (χ3v) is 4.76. The Balaban J connectivity index is 1.71. The van der Waals surface area contributed by atoms with E-state index in [-0.39, 0.29) is 34.8 Å². The molecule has 2 aliphatic rings. The van der Waals surface area contributed by atoms with Gasteiger partial charge in [0.1, 0.15) is 10.0 Å². The Labute approximate surface area is 127 Å². The first-order chi connectivity index (χ1) is 9.10. The predicted octanol–water partition coefficient (Wildman–Crippen LogP) is 2.37. The summed E-state index contributed by atoms with van der Waals surface area (Å²) >= 11 is 2.14. The first-order valence-corrected chi connectivity index (χ1v) is 8.13. The Morgan fingerprint density at radius 1 is 1.32 bits per heavy atom. The molecule has 0 saturated carbocycles. The first kappa shape index (κ1) is 15.3. The third kappa shape index (κ3) is 4.16. The molecule has 0 aromatic rings. The molecule has 0 amide bonds. The highest BCUT2D eigenvalue weighted by molar-refractivity contribution is 14.1. The standard InChI is InChI=1S/C14H21IO4/c1-9-7-10(3-2-6-16)18-13(9)5-4-11-8-12(15)14(17)19-11/h10-13,16H,1-8H2/t10-,11+,12+,13-/m0/s1. The molecule has 0 bridgehead atoms. The number of esters is 1. The zero-order valence-electron chi connectivity index (χ0n) is 11.0. The van der Waals surface area contributed by atoms with Gasteiger partial charge >= 0.3 is 5.97 Å². The van der Waals surface area contributed by atoms with Crippen LogP contribution in [0.2, 0.25) is 0 Å². The van der Waals surface area contributed by atoms with Crippen LogP contribution in [0, 0.1) is 0 Å². The molecule has 0 aliphatic carbocycles. The minimum absolute atomic E-state index is 0.00704. The largest absolute Gasteiger partial charge is 0.462 e. The van der Waals surface area contributed by atoms with Crippen LogP contribution in [0.5, 0.6) is 0 Å². The second-order valence-corrected chi connectivity index (χ2v) is 6.82. The Hall–Kier alpha value is -0.140. The van der Waals surface area contributed by atoms with Crippen LogP contribution < -0.4 is 0 Å². The van der Waals surface area contributed by atoms with Crippen LogP contribution in [0.25, 0.3) is 0 Å². The van der Waals surface area contributed by atoms with Gasteiger partial charge in [0.05, 0.1) is 12.2 Å². The summed E-state index contributed by atoms with van der Waals surface area (Å²) in [7, 11) is 0. The molecule has 108 valence electrons. The number of rotatable bonds is 6. The molecule has 2 heterocycles. The smallest absolute Gasteiger partial charge is 0.319 e. The van der Waals surface area contributed by atoms with E-state index in [1.165, 1.54) is 0 Å². The summed E-state index contributed by atoms with van der Waals surface area (Å²) in [4.78, 5) is 11.3. The van der Waals surface area contributed by atoms with E-state index in [0.717, 1.165) is 44.1 Å². The number of hydrogen-bond donors (Lipinski definition) is 1. The number of carbonyl (C=O) groups is 1. The van der Waals surface area contributed by atoms with Gasteiger partial charge in [0, 0.05) is 13.0 Å². The van der Waals surface area contributed by atoms with Gasteiger partial charge in [-0.1, -0.05) is 29.2 Å². The van der Waals surface area contributed by atoms with Crippen molar-refractivity contribution >= 4 is 28.6 Å². The molecule has 5 heteroatoms. The second-order valence-electron chi connectivity index (χ2n) is 5.31. The molecule has 0 radical (unpaired) electrons. The maximum atomic E-state index is 11.3. The number of alkyl halides is 1. The average molecular weight is 380 g/mol. The fourth-order valence-corrected chi connectivity index (χ4v) is 3.40. The van der Waals surface area contributed by atoms with Crippen LogP contribution in [0.4, 0.5) is 0 Å². The van der Waals surface area contributed by atoms with Crippen molar-refractivity contribution in [1.29, 1.82) is 0 Å². The van der Waals surface area contributed by atoms with Crippen molar-refractivity contribution in [2.75, 3.05) is 6.61 Å². The van der Waals surface area contributed by atoms with Crippen molar-refractivity contribution in [1.82, 2.24) is 0 Å². The van der Waals surface area contributed by atoms with Gasteiger partial charge in [0.2, 0.25) is 0 Å². The van der Waals surface area contributed by atoms with Crippen LogP contribution >= 0.6 is 22.6 Å². The van der Waals surface area contributed by atoms with Crippen LogP contribution in [0.1, 0.15) is 38.5 Å². The lowest BCUT2D eigenvalue weighted by Crippen LogP contribution is -2.15. The summed E-state index contributed by atoms with van der Waals surface area (Å²) in [5, 5.41) is 8.83. The summed E-state index contributed by atoms with van der Waals surface area (Å²) in [5.41, 5.74) is 1.14. The quantitative estimate of drug-likeness (QED) is 0.333. The van der Waals surface area contributed by atoms with Crippen LogP contribution in [0.3, 0.4) is 0 Å². The maximum Gasteiger partial charge on any atom is 0.319 e. The Bertz CT molecular complexity index is 344. The molecule has 19 heavy (non-hydrogen) atoms. The summed E-state index contributed by atoms with van der Waals surface area (Å²) in [6.07, 6.45) is 5.43. The normalized spacial score (nSPS) is 34.8. The molecule has 0 aromatic carbocycles. The van der Waals surface area contributed by atoms with Crippen LogP contribution in [0.15, 0.2) is 12.2 Å². The first-order valence-electron chi connectivity index (χ1n) is 6.88. The predicted molar refractivity (Wildman–Crippen MR) is 80.3 cm³/mol. The van der Waals surface area contributed by atoms with Gasteiger partial charge in [-0.2, -0.15) is 0 Å². The zero-order chi connectivity index (χ0) is 13.8. The monoisotopic (exact) mass is 380 g/mol. The molecule has 4 atom stereocenters. The van der Waals surface area contributed by atoms with Crippen molar-refractivity contribution in [3.8, 4) is 0 Å². The van der Waals surface area contributed by atoms with Crippen molar-refractivity contribution in [3.05, 3.63) is 12.2 Å². The molecule has 2 fully saturated rings. The molecular formula is C14H21IO4. The SMILES string of the molecule is C=C1C[C@H](CCCO)O[C@H]1CC[C@@H]1C[C@@H](I)C(=O)O1. The molecule has 0 aromatic heterocycles. The number of cyclic esters (lactones) is 1. The van der Waals surface area contributed by atoms with E-state index >= 15 is 0 Å². The van der Waals surface area contributed by atoms with Crippen LogP contribution in [-0.4, -0.2) is 39.9 Å². The summed E-state index contributed by atoms with van der Waals surface area (Å²) < 4.78 is 11.2. The van der Waals surface area contributed by atoms with E-state index in [0.29, 0.717) is 0 Å². The molecule has 0 spiro atoms. The van der Waals surface area contributed by atoms with E-state index in [9.17, 15) is 4.79 Å². The van der Waals surface area contributed by atoms with Gasteiger partial charge in [0.15, 0.2) is 0 Å². The summed E-state index contributed by atoms with van der Waals surface area (Å²) in [5.74, 6) is -0.0856. The van der Waals surface area contributed by atoms with E-state index in [2.05, 4.69) is 29.2 Å². The van der Waals surface area contributed by atoms with Gasteiger partial charge in [0.25, 0.3) is 0 Å². The topological polar surface area (TPSA) is 55.8 Å². The number of hydrogen-bond acceptors (Lipinski definition) is 4. The maximum absolute atomic E-state index is 11.3. The highest BCUT2D eigenvalue weighted by atomic mass is 127. The van der Waals surface area contributed by atoms with Crippen molar-refractivity contribution < 1.29 is 19.4 Å². The van der Waals surface area contributed by atoms with Gasteiger partial charge in [-0.3, -0.25) is 4.79 Å². The molecule has 2 aliphatic heterocycles. The number of carbonyl (C=O) groups excluding carboxylic acids is 1. The number of aliphatic hydroxyl groups is 1. The Kier molecular flexibility index (Phi) is 5.65. The Morgan fingerprint density at radius 2 is 2.11 bits per heavy atom. The van der Waals surface area contributed by atoms with E-state index < -0.39 is 0 Å². The van der Waals surface area contributed by atoms with E-state index in [1.807, 2.05) is 0 Å². The van der Waals surface area contributed by atoms with Gasteiger partial charge in [-0.15, -0.1) is 0 Å². The van der Waals surface area contributed by atoms with Crippen LogP contribution in [-0.2, 0) is 14.3 Å². The zero-order valence-corrected chi connectivity index (χ0v) is 13.2. The van der Waals surface area contributed by atoms with Crippen molar-refractivity contribution in [2.45, 2.75) is 60.8 Å². The Morgan fingerprint density at radius 3 is 2.74 bits per heavy atom. The van der Waals surface area contributed by atoms with Gasteiger partial charge in [-0.05, 0) is 37.7 Å². The molecule has 0 unspecified atom stereocenters. The second kappa shape index (κ2) is 7.04. The minimum atomic E-state index is -0.0856. The lowest BCUT2D eigenvalue weighted by molar-refractivity contribution is -0.141. The van der Waals surface area contributed by atoms with E-state index in [4.69, 9.17) is 14.6 Å². The molecule has 1 N–H and O–H groups in total. The molecular weight excluding hydrogens is 359 g/mol. The fourth-order valence-electron chi connectivity index (χ4n) is 2.69. The minimum Gasteiger partial charge on any atom is -0.462 e. The van der Waals surface area contributed by atoms with E-state index in [1.54, 1.807) is 0 Å². The lowest BCUT2D eigenvalue weighted by atomic mass is 10.0.